The highest BCUT2D eigenvalue weighted by atomic mass is 19.1. The maximum absolute atomic E-state index is 13.9. The molecular weight excluding hydrogens is 273 g/mol. The minimum absolute atomic E-state index is 0.0175. The second-order valence-electron chi connectivity index (χ2n) is 4.74. The van der Waals surface area contributed by atoms with Crippen molar-refractivity contribution < 1.29 is 9.18 Å². The zero-order valence-corrected chi connectivity index (χ0v) is 11.3. The molecule has 21 heavy (non-hydrogen) atoms. The van der Waals surface area contributed by atoms with E-state index < -0.39 is 11.5 Å². The molecule has 6 heteroatoms. The number of fused-ring (bicyclic) bond motifs is 1. The quantitative estimate of drug-likeness (QED) is 0.690. The van der Waals surface area contributed by atoms with E-state index >= 15 is 0 Å². The topological polar surface area (TPSA) is 56.4 Å². The summed E-state index contributed by atoms with van der Waals surface area (Å²) in [5.41, 5.74) is 0.595. The summed E-state index contributed by atoms with van der Waals surface area (Å²) in [5.74, 6) is -0.581. The van der Waals surface area contributed by atoms with E-state index in [1.807, 2.05) is 30.3 Å². The van der Waals surface area contributed by atoms with Crippen molar-refractivity contribution in [1.82, 2.24) is 14.2 Å². The van der Waals surface area contributed by atoms with Gasteiger partial charge in [0.25, 0.3) is 0 Å². The number of carbonyl (C=O) groups excluding carboxylic acids is 1. The minimum Gasteiger partial charge on any atom is -0.296 e. The average molecular weight is 285 g/mol. The first-order valence-electron chi connectivity index (χ1n) is 6.39. The van der Waals surface area contributed by atoms with E-state index in [2.05, 4.69) is 5.10 Å². The molecule has 0 amide bonds. The van der Waals surface area contributed by atoms with Crippen molar-refractivity contribution >= 4 is 11.8 Å². The third kappa shape index (κ3) is 2.14. The Morgan fingerprint density at radius 3 is 2.67 bits per heavy atom. The smallest absolute Gasteiger partial charge is 0.296 e. The molecule has 0 bridgehead atoms. The second-order valence-corrected chi connectivity index (χ2v) is 4.74. The van der Waals surface area contributed by atoms with Gasteiger partial charge in [0, 0.05) is 0 Å². The molecule has 0 N–H and O–H groups in total. The average Bonchev–Trinajstić information content (AvgIpc) is 2.79. The molecule has 0 saturated carbocycles. The fraction of sp³-hybridized carbons (Fsp3) is 0.133. The van der Waals surface area contributed by atoms with Crippen LogP contribution < -0.4 is 5.69 Å². The number of hydrogen-bond donors (Lipinski definition) is 0. The molecule has 2 heterocycles. The van der Waals surface area contributed by atoms with Crippen molar-refractivity contribution in [1.29, 1.82) is 0 Å². The van der Waals surface area contributed by atoms with Crippen LogP contribution >= 0.6 is 0 Å². The van der Waals surface area contributed by atoms with E-state index in [0.717, 1.165) is 10.1 Å². The Hall–Kier alpha value is -2.76. The number of halogens is 1. The van der Waals surface area contributed by atoms with Crippen molar-refractivity contribution in [3.63, 3.8) is 0 Å². The first-order chi connectivity index (χ1) is 10.1. The standard InChI is InChI=1S/C15H12FN3O2/c1-10-14(16)13-7-12(9-20)18(15(21)19(13)17-10)8-11-5-3-2-4-6-11/h2-7,9H,8H2,1H3. The van der Waals surface area contributed by atoms with E-state index in [0.29, 0.717) is 6.29 Å². The van der Waals surface area contributed by atoms with Gasteiger partial charge in [-0.3, -0.25) is 9.36 Å². The number of aromatic nitrogens is 3. The van der Waals surface area contributed by atoms with E-state index in [4.69, 9.17) is 0 Å². The zero-order chi connectivity index (χ0) is 15.0. The summed E-state index contributed by atoms with van der Waals surface area (Å²) >= 11 is 0. The van der Waals surface area contributed by atoms with Crippen molar-refractivity contribution in [2.45, 2.75) is 13.5 Å². The van der Waals surface area contributed by atoms with Crippen LogP contribution in [0.5, 0.6) is 0 Å². The van der Waals surface area contributed by atoms with E-state index in [1.54, 1.807) is 0 Å². The molecule has 0 radical (unpaired) electrons. The summed E-state index contributed by atoms with van der Waals surface area (Å²) in [4.78, 5) is 23.6. The molecule has 0 aliphatic heterocycles. The number of hydrogen-bond acceptors (Lipinski definition) is 3. The second kappa shape index (κ2) is 4.97. The monoisotopic (exact) mass is 285 g/mol. The highest BCUT2D eigenvalue weighted by Gasteiger charge is 2.15. The Morgan fingerprint density at radius 2 is 2.00 bits per heavy atom. The van der Waals surface area contributed by atoms with Gasteiger partial charge in [0.05, 0.1) is 17.9 Å². The maximum atomic E-state index is 13.9. The summed E-state index contributed by atoms with van der Waals surface area (Å²) in [7, 11) is 0. The molecule has 1 aromatic carbocycles. The lowest BCUT2D eigenvalue weighted by molar-refractivity contribution is 0.111. The van der Waals surface area contributed by atoms with E-state index in [1.165, 1.54) is 17.6 Å². The molecule has 3 rings (SSSR count). The van der Waals surface area contributed by atoms with Crippen molar-refractivity contribution in [2.75, 3.05) is 0 Å². The molecule has 0 aliphatic carbocycles. The first-order valence-corrected chi connectivity index (χ1v) is 6.39. The molecular formula is C15H12FN3O2. The van der Waals surface area contributed by atoms with Gasteiger partial charge in [-0.25, -0.2) is 9.18 Å². The van der Waals surface area contributed by atoms with Crippen LogP contribution in [-0.4, -0.2) is 20.5 Å². The Kier molecular flexibility index (Phi) is 3.13. The van der Waals surface area contributed by atoms with Gasteiger partial charge in [-0.05, 0) is 18.6 Å². The Labute approximate surface area is 119 Å². The predicted molar refractivity (Wildman–Crippen MR) is 75.1 cm³/mol. The number of nitrogens with zero attached hydrogens (tertiary/aromatic N) is 3. The summed E-state index contributed by atoms with van der Waals surface area (Å²) in [6, 6.07) is 10.6. The van der Waals surface area contributed by atoms with Crippen LogP contribution in [-0.2, 0) is 6.54 Å². The van der Waals surface area contributed by atoms with Crippen LogP contribution in [0.4, 0.5) is 4.39 Å². The lowest BCUT2D eigenvalue weighted by atomic mass is 10.2. The van der Waals surface area contributed by atoms with Crippen LogP contribution in [0.2, 0.25) is 0 Å². The zero-order valence-electron chi connectivity index (χ0n) is 11.3. The number of benzene rings is 1. The van der Waals surface area contributed by atoms with Gasteiger partial charge in [-0.15, -0.1) is 0 Å². The van der Waals surface area contributed by atoms with Crippen LogP contribution in [0.25, 0.3) is 5.52 Å². The number of rotatable bonds is 3. The Morgan fingerprint density at radius 1 is 1.29 bits per heavy atom. The first kappa shape index (κ1) is 13.2. The van der Waals surface area contributed by atoms with E-state index in [-0.39, 0.29) is 23.4 Å². The van der Waals surface area contributed by atoms with Crippen molar-refractivity contribution in [3.8, 4) is 0 Å². The Balaban J connectivity index is 2.24. The van der Waals surface area contributed by atoms with Crippen LogP contribution in [0.3, 0.4) is 0 Å². The van der Waals surface area contributed by atoms with Gasteiger partial charge in [-0.2, -0.15) is 9.61 Å². The summed E-state index contributed by atoms with van der Waals surface area (Å²) < 4.78 is 16.1. The van der Waals surface area contributed by atoms with Gasteiger partial charge in [0.1, 0.15) is 5.52 Å². The summed E-state index contributed by atoms with van der Waals surface area (Å²) in [5, 5.41) is 3.88. The molecule has 0 atom stereocenters. The van der Waals surface area contributed by atoms with Crippen molar-refractivity contribution in [3.05, 3.63) is 69.7 Å². The Bertz CT molecular complexity index is 881. The number of aldehydes is 1. The number of carbonyl (C=O) groups is 1. The minimum atomic E-state index is -0.581. The van der Waals surface area contributed by atoms with Crippen LogP contribution in [0.15, 0.2) is 41.2 Å². The fourth-order valence-corrected chi connectivity index (χ4v) is 2.26. The van der Waals surface area contributed by atoms with Gasteiger partial charge >= 0.3 is 5.69 Å². The molecule has 0 saturated heterocycles. The molecule has 3 aromatic rings. The molecule has 2 aromatic heterocycles. The normalized spacial score (nSPS) is 11.0. The summed E-state index contributed by atoms with van der Waals surface area (Å²) in [6.45, 7) is 1.70. The lowest BCUT2D eigenvalue weighted by Gasteiger charge is -2.09. The fourth-order valence-electron chi connectivity index (χ4n) is 2.26. The van der Waals surface area contributed by atoms with Crippen molar-refractivity contribution in [2.24, 2.45) is 0 Å². The molecule has 0 aliphatic rings. The largest absolute Gasteiger partial charge is 0.350 e. The highest BCUT2D eigenvalue weighted by Crippen LogP contribution is 2.13. The van der Waals surface area contributed by atoms with Gasteiger partial charge < -0.3 is 0 Å². The number of aryl methyl sites for hydroxylation is 1. The molecule has 5 nitrogen and oxygen atoms in total. The van der Waals surface area contributed by atoms with Gasteiger partial charge in [0.15, 0.2) is 12.1 Å². The molecule has 0 fully saturated rings. The van der Waals surface area contributed by atoms with Crippen LogP contribution in [0.1, 0.15) is 21.7 Å². The maximum Gasteiger partial charge on any atom is 0.350 e. The van der Waals surface area contributed by atoms with E-state index in [9.17, 15) is 14.0 Å². The third-order valence-electron chi connectivity index (χ3n) is 3.33. The molecule has 0 spiro atoms. The third-order valence-corrected chi connectivity index (χ3v) is 3.33. The molecule has 106 valence electrons. The predicted octanol–water partition coefficient (Wildman–Crippen LogP) is 1.80. The van der Waals surface area contributed by atoms with Crippen LogP contribution in [0, 0.1) is 12.7 Å². The lowest BCUT2D eigenvalue weighted by Crippen LogP contribution is -2.30. The molecule has 0 unspecified atom stereocenters. The highest BCUT2D eigenvalue weighted by molar-refractivity contribution is 5.75. The van der Waals surface area contributed by atoms with Gasteiger partial charge in [0.2, 0.25) is 0 Å². The summed E-state index contributed by atoms with van der Waals surface area (Å²) in [6.07, 6.45) is 0.548. The van der Waals surface area contributed by atoms with Gasteiger partial charge in [-0.1, -0.05) is 30.3 Å². The SMILES string of the molecule is Cc1nn2c(=O)n(Cc3ccccc3)c(C=O)cc2c1F.